The van der Waals surface area contributed by atoms with Gasteiger partial charge in [0.2, 0.25) is 5.43 Å². The molecule has 1 fully saturated rings. The normalized spacial score (nSPS) is 19.2. The molecule has 2 aromatic rings. The summed E-state index contributed by atoms with van der Waals surface area (Å²) in [6, 6.07) is 2.96. The molecule has 176 valence electrons. The van der Waals surface area contributed by atoms with Crippen LogP contribution in [0.15, 0.2) is 29.2 Å². The first kappa shape index (κ1) is 22.8. The summed E-state index contributed by atoms with van der Waals surface area (Å²) in [6.45, 7) is 6.62. The van der Waals surface area contributed by atoms with Gasteiger partial charge in [-0.05, 0) is 25.8 Å². The highest BCUT2D eigenvalue weighted by molar-refractivity contribution is 5.99. The zero-order valence-electron chi connectivity index (χ0n) is 18.7. The molecule has 1 aromatic heterocycles. The molecule has 2 amide bonds. The van der Waals surface area contributed by atoms with Gasteiger partial charge in [0, 0.05) is 42.9 Å². The summed E-state index contributed by atoms with van der Waals surface area (Å²) in [5.74, 6) is -3.70. The molecule has 0 aliphatic carbocycles. The fourth-order valence-electron chi connectivity index (χ4n) is 4.81. The lowest BCUT2D eigenvalue weighted by atomic mass is 9.79. The Bertz CT molecular complexity index is 1190. The monoisotopic (exact) mass is 460 g/mol. The van der Waals surface area contributed by atoms with Crippen LogP contribution in [0.1, 0.15) is 60.0 Å². The number of amides is 2. The molecule has 1 saturated heterocycles. The van der Waals surface area contributed by atoms with Crippen LogP contribution in [0.5, 0.6) is 5.75 Å². The van der Waals surface area contributed by atoms with Crippen LogP contribution in [0.25, 0.3) is 0 Å². The first-order valence-electron chi connectivity index (χ1n) is 10.9. The van der Waals surface area contributed by atoms with Crippen LogP contribution in [-0.4, -0.2) is 45.8 Å². The summed E-state index contributed by atoms with van der Waals surface area (Å²) in [7, 11) is 0. The second-order valence-corrected chi connectivity index (χ2v) is 9.05. The fraction of sp³-hybridized carbons (Fsp3) is 0.435. The van der Waals surface area contributed by atoms with E-state index in [1.807, 2.05) is 11.9 Å². The van der Waals surface area contributed by atoms with Crippen LogP contribution in [-0.2, 0) is 6.54 Å². The van der Waals surface area contributed by atoms with Gasteiger partial charge < -0.3 is 15.3 Å². The molecule has 2 aliphatic heterocycles. The highest BCUT2D eigenvalue weighted by atomic mass is 19.1. The van der Waals surface area contributed by atoms with Gasteiger partial charge in [-0.2, -0.15) is 0 Å². The van der Waals surface area contributed by atoms with E-state index >= 15 is 0 Å². The van der Waals surface area contributed by atoms with E-state index in [-0.39, 0.29) is 34.9 Å². The Morgan fingerprint density at radius 2 is 2.00 bits per heavy atom. The zero-order valence-corrected chi connectivity index (χ0v) is 18.7. The molecule has 0 radical (unpaired) electrons. The average Bonchev–Trinajstić information content (AvgIpc) is 2.75. The number of piperidine rings is 1. The van der Waals surface area contributed by atoms with Crippen LogP contribution < -0.4 is 15.8 Å². The number of carbonyl (C=O) groups is 2. The molecule has 3 heterocycles. The minimum atomic E-state index is -0.988. The van der Waals surface area contributed by atoms with Gasteiger partial charge in [0.15, 0.2) is 11.4 Å². The number of halogens is 2. The molecule has 0 bridgehead atoms. The molecule has 2 aliphatic rings. The minimum Gasteiger partial charge on any atom is -0.502 e. The maximum atomic E-state index is 13.9. The van der Waals surface area contributed by atoms with E-state index in [9.17, 15) is 28.3 Å². The number of nitrogens with zero attached hydrogens (tertiary/aromatic N) is 3. The molecule has 33 heavy (non-hydrogen) atoms. The van der Waals surface area contributed by atoms with E-state index in [1.165, 1.54) is 16.9 Å². The van der Waals surface area contributed by atoms with Crippen molar-refractivity contribution in [2.75, 3.05) is 18.1 Å². The summed E-state index contributed by atoms with van der Waals surface area (Å²) in [5.41, 5.74) is -1.77. The molecule has 0 unspecified atom stereocenters. The van der Waals surface area contributed by atoms with Gasteiger partial charge in [-0.3, -0.25) is 24.1 Å². The Morgan fingerprint density at radius 1 is 1.27 bits per heavy atom. The number of fused-ring (bicyclic) bond motifs is 3. The van der Waals surface area contributed by atoms with Gasteiger partial charge >= 0.3 is 0 Å². The molecule has 0 spiro atoms. The molecular weight excluding hydrogens is 434 g/mol. The molecular formula is C23H26F2N4O4. The van der Waals surface area contributed by atoms with Crippen LogP contribution in [0.2, 0.25) is 0 Å². The van der Waals surface area contributed by atoms with Gasteiger partial charge in [-0.1, -0.05) is 19.9 Å². The highest BCUT2D eigenvalue weighted by Crippen LogP contribution is 2.40. The van der Waals surface area contributed by atoms with Gasteiger partial charge in [0.25, 0.3) is 11.8 Å². The quantitative estimate of drug-likeness (QED) is 0.730. The lowest BCUT2D eigenvalue weighted by Crippen LogP contribution is -2.68. The van der Waals surface area contributed by atoms with Crippen molar-refractivity contribution in [2.24, 2.45) is 5.41 Å². The lowest BCUT2D eigenvalue weighted by molar-refractivity contribution is 0.0186. The standard InChI is InChI=1S/C23H26F2N4O4/c1-4-27-21(33)17-19(31)18(30)15(12-29(17)28-9-5-8-23(2,3)22(27)28)20(32)26-11-13-6-7-14(24)10-16(13)25/h6-7,10,12,22,31H,4-5,8-9,11H2,1-3H3,(H,26,32)/t22-/m0/s1. The van der Waals surface area contributed by atoms with E-state index in [0.29, 0.717) is 19.2 Å². The van der Waals surface area contributed by atoms with Crippen LogP contribution in [0.4, 0.5) is 8.78 Å². The molecule has 8 nitrogen and oxygen atoms in total. The van der Waals surface area contributed by atoms with Crippen molar-refractivity contribution >= 4 is 11.8 Å². The molecule has 4 rings (SSSR count). The number of rotatable bonds is 4. The number of aromatic nitrogens is 1. The van der Waals surface area contributed by atoms with Gasteiger partial charge in [0.1, 0.15) is 23.4 Å². The van der Waals surface area contributed by atoms with Crippen LogP contribution in [0, 0.1) is 17.0 Å². The second kappa shape index (κ2) is 8.17. The number of nitrogens with one attached hydrogen (secondary N) is 1. The Morgan fingerprint density at radius 3 is 2.67 bits per heavy atom. The third kappa shape index (κ3) is 3.73. The molecule has 0 saturated carbocycles. The molecule has 1 atom stereocenters. The first-order chi connectivity index (χ1) is 15.6. The first-order valence-corrected chi connectivity index (χ1v) is 10.9. The Balaban J connectivity index is 1.73. The highest BCUT2D eigenvalue weighted by Gasteiger charge is 2.48. The second-order valence-electron chi connectivity index (χ2n) is 9.05. The van der Waals surface area contributed by atoms with Gasteiger partial charge in [-0.25, -0.2) is 8.78 Å². The predicted molar refractivity (Wildman–Crippen MR) is 116 cm³/mol. The van der Waals surface area contributed by atoms with Crippen molar-refractivity contribution in [1.29, 1.82) is 0 Å². The predicted octanol–water partition coefficient (Wildman–Crippen LogP) is 2.32. The van der Waals surface area contributed by atoms with E-state index in [2.05, 4.69) is 19.2 Å². The Labute approximate surface area is 189 Å². The molecule has 2 N–H and O–H groups in total. The minimum absolute atomic E-state index is 0.0404. The summed E-state index contributed by atoms with van der Waals surface area (Å²) >= 11 is 0. The number of hydrogen-bond acceptors (Lipinski definition) is 5. The maximum absolute atomic E-state index is 13.9. The number of pyridine rings is 1. The largest absolute Gasteiger partial charge is 0.502 e. The number of hydrogen-bond donors (Lipinski definition) is 2. The Kier molecular flexibility index (Phi) is 5.63. The van der Waals surface area contributed by atoms with Crippen molar-refractivity contribution < 1.29 is 23.5 Å². The maximum Gasteiger partial charge on any atom is 0.278 e. The summed E-state index contributed by atoms with van der Waals surface area (Å²) in [6.07, 6.45) is 2.65. The number of benzene rings is 1. The van der Waals surface area contributed by atoms with Crippen molar-refractivity contribution in [3.63, 3.8) is 0 Å². The number of aromatic hydroxyl groups is 1. The van der Waals surface area contributed by atoms with Gasteiger partial charge in [-0.15, -0.1) is 0 Å². The van der Waals surface area contributed by atoms with E-state index in [4.69, 9.17) is 0 Å². The summed E-state index contributed by atoms with van der Waals surface area (Å²) in [5, 5.41) is 15.0. The van der Waals surface area contributed by atoms with E-state index in [1.54, 1.807) is 4.90 Å². The van der Waals surface area contributed by atoms with E-state index < -0.39 is 34.6 Å². The third-order valence-electron chi connectivity index (χ3n) is 6.43. The number of carbonyl (C=O) groups excluding carboxylic acids is 2. The smallest absolute Gasteiger partial charge is 0.278 e. The topological polar surface area (TPSA) is 94.9 Å². The summed E-state index contributed by atoms with van der Waals surface area (Å²) in [4.78, 5) is 40.5. The van der Waals surface area contributed by atoms with Crippen molar-refractivity contribution in [3.05, 3.63) is 63.1 Å². The average molecular weight is 460 g/mol. The lowest BCUT2D eigenvalue weighted by Gasteiger charge is -2.55. The molecule has 1 aromatic carbocycles. The van der Waals surface area contributed by atoms with Crippen molar-refractivity contribution in [2.45, 2.75) is 46.3 Å². The molecule has 10 heteroatoms. The van der Waals surface area contributed by atoms with Crippen LogP contribution in [0.3, 0.4) is 0 Å². The van der Waals surface area contributed by atoms with Crippen molar-refractivity contribution in [1.82, 2.24) is 14.9 Å². The summed E-state index contributed by atoms with van der Waals surface area (Å²) < 4.78 is 28.4. The van der Waals surface area contributed by atoms with E-state index in [0.717, 1.165) is 18.9 Å². The van der Waals surface area contributed by atoms with Crippen molar-refractivity contribution in [3.8, 4) is 5.75 Å². The Hall–Kier alpha value is -3.43. The van der Waals surface area contributed by atoms with Gasteiger partial charge in [0.05, 0.1) is 0 Å². The van der Waals surface area contributed by atoms with Crippen LogP contribution >= 0.6 is 0 Å². The zero-order chi connectivity index (χ0) is 24.1. The SMILES string of the molecule is CCN1C(=O)c2c(O)c(=O)c(C(=O)NCc3ccc(F)cc3F)cn2N2CCCC(C)(C)[C@@H]12. The fourth-order valence-corrected chi connectivity index (χ4v) is 4.81. The third-order valence-corrected chi connectivity index (χ3v) is 6.43.